The first-order chi connectivity index (χ1) is 6.33. The maximum atomic E-state index is 6.09. The lowest BCUT2D eigenvalue weighted by Gasteiger charge is -2.24. The van der Waals surface area contributed by atoms with Crippen LogP contribution in [-0.4, -0.2) is 6.04 Å². The van der Waals surface area contributed by atoms with E-state index in [2.05, 4.69) is 6.92 Å². The Morgan fingerprint density at radius 1 is 1.23 bits per heavy atom. The molecule has 0 radical (unpaired) electrons. The molecule has 1 nitrogen and oxygen atoms in total. The van der Waals surface area contributed by atoms with Gasteiger partial charge in [0.1, 0.15) is 0 Å². The molecule has 13 heavy (non-hydrogen) atoms. The summed E-state index contributed by atoms with van der Waals surface area (Å²) in [6.07, 6.45) is 12.4. The van der Waals surface area contributed by atoms with Gasteiger partial charge in [-0.15, -0.1) is 0 Å². The predicted octanol–water partition coefficient (Wildman–Crippen LogP) is 3.47. The van der Waals surface area contributed by atoms with E-state index in [-0.39, 0.29) is 0 Å². The third-order valence-corrected chi connectivity index (χ3v) is 3.29. The number of nitrogens with two attached hydrogens (primary N) is 1. The molecule has 0 bridgehead atoms. The third-order valence-electron chi connectivity index (χ3n) is 3.29. The molecule has 0 saturated heterocycles. The van der Waals surface area contributed by atoms with Gasteiger partial charge in [-0.1, -0.05) is 51.9 Å². The van der Waals surface area contributed by atoms with Gasteiger partial charge in [-0.3, -0.25) is 0 Å². The van der Waals surface area contributed by atoms with Crippen molar-refractivity contribution < 1.29 is 0 Å². The summed E-state index contributed by atoms with van der Waals surface area (Å²) in [5, 5.41) is 0. The van der Waals surface area contributed by atoms with E-state index in [1.165, 1.54) is 57.8 Å². The van der Waals surface area contributed by atoms with Crippen LogP contribution < -0.4 is 5.73 Å². The van der Waals surface area contributed by atoms with Crippen LogP contribution in [-0.2, 0) is 0 Å². The molecule has 0 aromatic carbocycles. The van der Waals surface area contributed by atoms with Gasteiger partial charge >= 0.3 is 0 Å². The Labute approximate surface area is 83.1 Å². The average Bonchev–Trinajstić information content (AvgIpc) is 2.16. The first-order valence-corrected chi connectivity index (χ1v) is 6.08. The van der Waals surface area contributed by atoms with Gasteiger partial charge in [0.2, 0.25) is 0 Å². The van der Waals surface area contributed by atoms with Gasteiger partial charge in [0, 0.05) is 6.04 Å². The molecule has 1 aliphatic carbocycles. The van der Waals surface area contributed by atoms with Crippen molar-refractivity contribution in [3.8, 4) is 0 Å². The van der Waals surface area contributed by atoms with Gasteiger partial charge in [-0.2, -0.15) is 0 Å². The molecular weight excluding hydrogens is 158 g/mol. The zero-order valence-electron chi connectivity index (χ0n) is 9.10. The highest BCUT2D eigenvalue weighted by atomic mass is 14.6. The standard InChI is InChI=1S/C12H25N/c1-2-3-9-12(13)10-11-7-5-4-6-8-11/h11-12H,2-10,13H2,1H3. The first-order valence-electron chi connectivity index (χ1n) is 6.08. The minimum absolute atomic E-state index is 0.489. The summed E-state index contributed by atoms with van der Waals surface area (Å²) < 4.78 is 0. The van der Waals surface area contributed by atoms with E-state index in [0.717, 1.165) is 5.92 Å². The van der Waals surface area contributed by atoms with Crippen LogP contribution in [0.3, 0.4) is 0 Å². The van der Waals surface area contributed by atoms with Crippen LogP contribution in [0.4, 0.5) is 0 Å². The third kappa shape index (κ3) is 4.66. The van der Waals surface area contributed by atoms with Gasteiger partial charge in [0.05, 0.1) is 0 Å². The van der Waals surface area contributed by atoms with E-state index in [1.807, 2.05) is 0 Å². The molecule has 0 aromatic rings. The highest BCUT2D eigenvalue weighted by molar-refractivity contribution is 4.71. The second kappa shape index (κ2) is 6.42. The zero-order valence-corrected chi connectivity index (χ0v) is 9.10. The Kier molecular flexibility index (Phi) is 5.45. The van der Waals surface area contributed by atoms with Gasteiger partial charge < -0.3 is 5.73 Å². The Morgan fingerprint density at radius 2 is 1.92 bits per heavy atom. The monoisotopic (exact) mass is 183 g/mol. The Hall–Kier alpha value is -0.0400. The van der Waals surface area contributed by atoms with Gasteiger partial charge in [0.25, 0.3) is 0 Å². The molecule has 1 saturated carbocycles. The maximum absolute atomic E-state index is 6.09. The average molecular weight is 183 g/mol. The quantitative estimate of drug-likeness (QED) is 0.694. The normalized spacial score (nSPS) is 21.7. The second-order valence-electron chi connectivity index (χ2n) is 4.64. The van der Waals surface area contributed by atoms with Crippen LogP contribution in [0, 0.1) is 5.92 Å². The topological polar surface area (TPSA) is 26.0 Å². The van der Waals surface area contributed by atoms with E-state index in [4.69, 9.17) is 5.73 Å². The number of hydrogen-bond acceptors (Lipinski definition) is 1. The lowest BCUT2D eigenvalue weighted by Crippen LogP contribution is -2.24. The van der Waals surface area contributed by atoms with Crippen LogP contribution in [0.5, 0.6) is 0 Å². The Morgan fingerprint density at radius 3 is 2.54 bits per heavy atom. The molecule has 1 rings (SSSR count). The summed E-state index contributed by atoms with van der Waals surface area (Å²) in [6.45, 7) is 2.24. The predicted molar refractivity (Wildman–Crippen MR) is 58.7 cm³/mol. The van der Waals surface area contributed by atoms with Crippen LogP contribution in [0.1, 0.15) is 64.7 Å². The van der Waals surface area contributed by atoms with Gasteiger partial charge in [-0.25, -0.2) is 0 Å². The minimum Gasteiger partial charge on any atom is -0.328 e. The number of unbranched alkanes of at least 4 members (excludes halogenated alkanes) is 1. The molecule has 0 amide bonds. The van der Waals surface area contributed by atoms with Crippen molar-refractivity contribution in [3.05, 3.63) is 0 Å². The van der Waals surface area contributed by atoms with Crippen LogP contribution >= 0.6 is 0 Å². The molecule has 0 heterocycles. The van der Waals surface area contributed by atoms with Crippen molar-refractivity contribution in [1.82, 2.24) is 0 Å². The first kappa shape index (κ1) is 11.0. The molecule has 1 heteroatoms. The summed E-state index contributed by atoms with van der Waals surface area (Å²) in [5.74, 6) is 0.959. The van der Waals surface area contributed by atoms with Crippen LogP contribution in [0.15, 0.2) is 0 Å². The highest BCUT2D eigenvalue weighted by Gasteiger charge is 2.16. The zero-order chi connectivity index (χ0) is 9.52. The minimum atomic E-state index is 0.489. The summed E-state index contributed by atoms with van der Waals surface area (Å²) in [4.78, 5) is 0. The van der Waals surface area contributed by atoms with E-state index in [0.29, 0.717) is 6.04 Å². The van der Waals surface area contributed by atoms with Crippen LogP contribution in [0.2, 0.25) is 0 Å². The summed E-state index contributed by atoms with van der Waals surface area (Å²) in [6, 6.07) is 0.489. The fourth-order valence-electron chi connectivity index (χ4n) is 2.44. The summed E-state index contributed by atoms with van der Waals surface area (Å²) in [7, 11) is 0. The van der Waals surface area contributed by atoms with Crippen molar-refractivity contribution in [1.29, 1.82) is 0 Å². The molecule has 78 valence electrons. The lowest BCUT2D eigenvalue weighted by molar-refractivity contribution is 0.310. The molecule has 0 aromatic heterocycles. The van der Waals surface area contributed by atoms with Crippen molar-refractivity contribution in [2.75, 3.05) is 0 Å². The lowest BCUT2D eigenvalue weighted by atomic mass is 9.84. The molecule has 0 spiro atoms. The van der Waals surface area contributed by atoms with E-state index < -0.39 is 0 Å². The Bertz CT molecular complexity index is 116. The summed E-state index contributed by atoms with van der Waals surface area (Å²) in [5.41, 5.74) is 6.09. The molecule has 1 aliphatic rings. The molecule has 1 unspecified atom stereocenters. The molecule has 2 N–H and O–H groups in total. The summed E-state index contributed by atoms with van der Waals surface area (Å²) >= 11 is 0. The van der Waals surface area contributed by atoms with Crippen molar-refractivity contribution in [2.45, 2.75) is 70.8 Å². The van der Waals surface area contributed by atoms with Gasteiger partial charge in [0.15, 0.2) is 0 Å². The van der Waals surface area contributed by atoms with Crippen LogP contribution in [0.25, 0.3) is 0 Å². The van der Waals surface area contributed by atoms with E-state index >= 15 is 0 Å². The highest BCUT2D eigenvalue weighted by Crippen LogP contribution is 2.27. The second-order valence-corrected chi connectivity index (χ2v) is 4.64. The molecule has 1 fully saturated rings. The van der Waals surface area contributed by atoms with E-state index in [1.54, 1.807) is 0 Å². The van der Waals surface area contributed by atoms with Crippen molar-refractivity contribution >= 4 is 0 Å². The molecule has 1 atom stereocenters. The van der Waals surface area contributed by atoms with Crippen molar-refractivity contribution in [2.24, 2.45) is 11.7 Å². The van der Waals surface area contributed by atoms with Crippen molar-refractivity contribution in [3.63, 3.8) is 0 Å². The smallest absolute Gasteiger partial charge is 0.00414 e. The van der Waals surface area contributed by atoms with Gasteiger partial charge in [-0.05, 0) is 18.8 Å². The maximum Gasteiger partial charge on any atom is 0.00414 e. The molecular formula is C12H25N. The molecule has 0 aliphatic heterocycles. The number of rotatable bonds is 5. The number of hydrogen-bond donors (Lipinski definition) is 1. The fraction of sp³-hybridized carbons (Fsp3) is 1.00. The SMILES string of the molecule is CCCCC(N)CC1CCCCC1. The largest absolute Gasteiger partial charge is 0.328 e. The fourth-order valence-corrected chi connectivity index (χ4v) is 2.44. The van der Waals surface area contributed by atoms with E-state index in [9.17, 15) is 0 Å². The Balaban J connectivity index is 2.07.